The first-order valence-corrected chi connectivity index (χ1v) is 10.3. The van der Waals surface area contributed by atoms with Gasteiger partial charge in [-0.2, -0.15) is 0 Å². The quantitative estimate of drug-likeness (QED) is 0.195. The van der Waals surface area contributed by atoms with Gasteiger partial charge in [-0.05, 0) is 38.5 Å². The summed E-state index contributed by atoms with van der Waals surface area (Å²) in [4.78, 5) is 19.1. The van der Waals surface area contributed by atoms with Crippen LogP contribution in [0, 0.1) is 5.82 Å². The number of halogens is 2. The van der Waals surface area contributed by atoms with Gasteiger partial charge in [-0.1, -0.05) is 12.1 Å². The van der Waals surface area contributed by atoms with Crippen LogP contribution in [0.15, 0.2) is 29.3 Å². The lowest BCUT2D eigenvalue weighted by Crippen LogP contribution is -2.52. The van der Waals surface area contributed by atoms with Crippen molar-refractivity contribution in [3.8, 4) is 0 Å². The lowest BCUT2D eigenvalue weighted by Gasteiger charge is -2.39. The fourth-order valence-electron chi connectivity index (χ4n) is 3.16. The summed E-state index contributed by atoms with van der Waals surface area (Å²) in [6.45, 7) is 12.2. The van der Waals surface area contributed by atoms with Crippen LogP contribution in [0.25, 0.3) is 0 Å². The Bertz CT molecular complexity index is 681. The molecule has 2 rings (SSSR count). The molecule has 1 aliphatic heterocycles. The molecule has 0 bridgehead atoms. The van der Waals surface area contributed by atoms with E-state index in [4.69, 9.17) is 9.73 Å². The van der Waals surface area contributed by atoms with E-state index in [2.05, 4.69) is 34.7 Å². The fraction of sp³-hybridized carbons (Fsp3) is 0.619. The first-order valence-electron chi connectivity index (χ1n) is 10.3. The molecule has 9 heteroatoms. The summed E-state index contributed by atoms with van der Waals surface area (Å²) in [5.74, 6) is 0.268. The molecule has 0 saturated carbocycles. The van der Waals surface area contributed by atoms with Gasteiger partial charge in [0, 0.05) is 38.3 Å². The average molecular weight is 535 g/mol. The van der Waals surface area contributed by atoms with Crippen molar-refractivity contribution in [1.82, 2.24) is 20.9 Å². The Labute approximate surface area is 196 Å². The predicted octanol–water partition coefficient (Wildman–Crippen LogP) is 1.77. The van der Waals surface area contributed by atoms with Crippen LogP contribution in [-0.2, 0) is 16.0 Å². The second kappa shape index (κ2) is 13.8. The zero-order chi connectivity index (χ0) is 21.1. The Hall–Kier alpha value is -1.46. The van der Waals surface area contributed by atoms with Gasteiger partial charge >= 0.3 is 0 Å². The minimum Gasteiger partial charge on any atom is -0.379 e. The summed E-state index contributed by atoms with van der Waals surface area (Å²) < 4.78 is 18.6. The molecule has 0 radical (unpaired) electrons. The molecule has 1 saturated heterocycles. The van der Waals surface area contributed by atoms with E-state index in [1.807, 2.05) is 6.92 Å². The van der Waals surface area contributed by atoms with Gasteiger partial charge in [0.25, 0.3) is 0 Å². The summed E-state index contributed by atoms with van der Waals surface area (Å²) in [5.41, 5.74) is 0.612. The van der Waals surface area contributed by atoms with E-state index in [0.717, 1.165) is 38.8 Å². The van der Waals surface area contributed by atoms with Gasteiger partial charge in [-0.3, -0.25) is 14.7 Å². The van der Waals surface area contributed by atoms with E-state index < -0.39 is 0 Å². The molecule has 0 unspecified atom stereocenters. The number of aliphatic imine (C=N–C) groups is 1. The molecule has 7 nitrogen and oxygen atoms in total. The second-order valence-corrected chi connectivity index (χ2v) is 7.69. The largest absolute Gasteiger partial charge is 0.379 e. The van der Waals surface area contributed by atoms with Crippen molar-refractivity contribution in [3.05, 3.63) is 35.6 Å². The van der Waals surface area contributed by atoms with Crippen molar-refractivity contribution in [1.29, 1.82) is 0 Å². The number of carbonyl (C=O) groups excluding carboxylic acids is 1. The molecule has 1 fully saturated rings. The zero-order valence-corrected chi connectivity index (χ0v) is 20.5. The van der Waals surface area contributed by atoms with Gasteiger partial charge in [-0.15, -0.1) is 24.0 Å². The molecule has 0 aliphatic carbocycles. The van der Waals surface area contributed by atoms with Crippen molar-refractivity contribution in [3.63, 3.8) is 0 Å². The Balaban J connectivity index is 0.00000450. The van der Waals surface area contributed by atoms with E-state index in [1.165, 1.54) is 12.1 Å². The highest BCUT2D eigenvalue weighted by Gasteiger charge is 2.28. The molecule has 1 aliphatic rings. The van der Waals surface area contributed by atoms with Crippen LogP contribution in [0.5, 0.6) is 0 Å². The standard InChI is InChI=1S/C21H34FN5O2.HI/c1-4-23-20(26-16-21(2,3)27-10-12-29-13-11-27)25-9-8-24-19(28)15-17-6-5-7-18(22)14-17;/h5-7,14H,4,8-13,15-16H2,1-3H3,(H,24,28)(H2,23,25,26);1H. The number of rotatable bonds is 9. The minimum absolute atomic E-state index is 0. The third-order valence-electron chi connectivity index (χ3n) is 4.83. The molecule has 170 valence electrons. The molecular formula is C21H35FIN5O2. The van der Waals surface area contributed by atoms with Crippen LogP contribution in [0.3, 0.4) is 0 Å². The van der Waals surface area contributed by atoms with Gasteiger partial charge < -0.3 is 20.7 Å². The van der Waals surface area contributed by atoms with E-state index in [1.54, 1.807) is 12.1 Å². The first-order chi connectivity index (χ1) is 13.9. The maximum absolute atomic E-state index is 13.2. The Morgan fingerprint density at radius 2 is 1.90 bits per heavy atom. The van der Waals surface area contributed by atoms with Crippen LogP contribution < -0.4 is 16.0 Å². The molecule has 1 aromatic carbocycles. The van der Waals surface area contributed by atoms with Crippen LogP contribution >= 0.6 is 24.0 Å². The fourth-order valence-corrected chi connectivity index (χ4v) is 3.16. The number of hydrogen-bond acceptors (Lipinski definition) is 4. The average Bonchev–Trinajstić information content (AvgIpc) is 2.70. The zero-order valence-electron chi connectivity index (χ0n) is 18.2. The summed E-state index contributed by atoms with van der Waals surface area (Å²) in [6.07, 6.45) is 0.166. The maximum Gasteiger partial charge on any atom is 0.224 e. The van der Waals surface area contributed by atoms with Crippen molar-refractivity contribution in [2.75, 3.05) is 52.5 Å². The van der Waals surface area contributed by atoms with Crippen LogP contribution in [0.4, 0.5) is 4.39 Å². The van der Waals surface area contributed by atoms with Crippen LogP contribution in [0.2, 0.25) is 0 Å². The molecule has 1 amide bonds. The molecule has 3 N–H and O–H groups in total. The summed E-state index contributed by atoms with van der Waals surface area (Å²) >= 11 is 0. The Morgan fingerprint density at radius 1 is 1.20 bits per heavy atom. The molecule has 0 aromatic heterocycles. The highest BCUT2D eigenvalue weighted by atomic mass is 127. The SMILES string of the molecule is CCNC(=NCC(C)(C)N1CCOCC1)NCCNC(=O)Cc1cccc(F)c1.I. The number of benzene rings is 1. The van der Waals surface area contributed by atoms with Gasteiger partial charge in [-0.25, -0.2) is 4.39 Å². The summed E-state index contributed by atoms with van der Waals surface area (Å²) in [5, 5.41) is 9.32. The van der Waals surface area contributed by atoms with Gasteiger partial charge in [0.2, 0.25) is 5.91 Å². The molecule has 0 spiro atoms. The highest BCUT2D eigenvalue weighted by molar-refractivity contribution is 14.0. The molecular weight excluding hydrogens is 500 g/mol. The second-order valence-electron chi connectivity index (χ2n) is 7.69. The highest BCUT2D eigenvalue weighted by Crippen LogP contribution is 2.16. The topological polar surface area (TPSA) is 78.0 Å². The molecule has 1 heterocycles. The van der Waals surface area contributed by atoms with E-state index in [-0.39, 0.29) is 47.7 Å². The maximum atomic E-state index is 13.2. The number of nitrogens with one attached hydrogen (secondary N) is 3. The smallest absolute Gasteiger partial charge is 0.224 e. The normalized spacial score (nSPS) is 15.3. The first kappa shape index (κ1) is 26.6. The predicted molar refractivity (Wildman–Crippen MR) is 129 cm³/mol. The minimum atomic E-state index is -0.330. The van der Waals surface area contributed by atoms with Gasteiger partial charge in [0.15, 0.2) is 5.96 Å². The summed E-state index contributed by atoms with van der Waals surface area (Å²) in [6, 6.07) is 6.10. The van der Waals surface area contributed by atoms with Crippen molar-refractivity contribution < 1.29 is 13.9 Å². The molecule has 1 aromatic rings. The Morgan fingerprint density at radius 3 is 2.57 bits per heavy atom. The van der Waals surface area contributed by atoms with Gasteiger partial charge in [0.1, 0.15) is 5.82 Å². The van der Waals surface area contributed by atoms with Crippen molar-refractivity contribution >= 4 is 35.8 Å². The third kappa shape index (κ3) is 9.57. The van der Waals surface area contributed by atoms with Crippen LogP contribution in [-0.4, -0.2) is 74.8 Å². The number of morpholine rings is 1. The summed E-state index contributed by atoms with van der Waals surface area (Å²) in [7, 11) is 0. The number of ether oxygens (including phenoxy) is 1. The van der Waals surface area contributed by atoms with Crippen molar-refractivity contribution in [2.45, 2.75) is 32.7 Å². The van der Waals surface area contributed by atoms with E-state index in [0.29, 0.717) is 25.2 Å². The molecule has 0 atom stereocenters. The number of hydrogen-bond donors (Lipinski definition) is 3. The Kier molecular flexibility index (Phi) is 12.2. The lowest BCUT2D eigenvalue weighted by molar-refractivity contribution is -0.120. The number of guanidine groups is 1. The number of nitrogens with zero attached hydrogens (tertiary/aromatic N) is 2. The van der Waals surface area contributed by atoms with Crippen LogP contribution in [0.1, 0.15) is 26.3 Å². The van der Waals surface area contributed by atoms with Gasteiger partial charge in [0.05, 0.1) is 26.2 Å². The monoisotopic (exact) mass is 535 g/mol. The van der Waals surface area contributed by atoms with E-state index in [9.17, 15) is 9.18 Å². The number of amides is 1. The number of carbonyl (C=O) groups is 1. The lowest BCUT2D eigenvalue weighted by atomic mass is 10.0. The molecule has 30 heavy (non-hydrogen) atoms. The van der Waals surface area contributed by atoms with Crippen molar-refractivity contribution in [2.24, 2.45) is 4.99 Å². The van der Waals surface area contributed by atoms with E-state index >= 15 is 0 Å². The third-order valence-corrected chi connectivity index (χ3v) is 4.83.